The second-order valence-corrected chi connectivity index (χ2v) is 7.60. The highest BCUT2D eigenvalue weighted by molar-refractivity contribution is 5.93. The van der Waals surface area contributed by atoms with Crippen LogP contribution in [0.1, 0.15) is 23.2 Å². The highest BCUT2D eigenvalue weighted by atomic mass is 19.1. The number of benzene rings is 1. The zero-order chi connectivity index (χ0) is 21.4. The van der Waals surface area contributed by atoms with Gasteiger partial charge in [-0.3, -0.25) is 9.48 Å². The highest BCUT2D eigenvalue weighted by Gasteiger charge is 2.23. The Labute approximate surface area is 177 Å². The molecule has 1 N–H and O–H groups in total. The smallest absolute Gasteiger partial charge is 0.254 e. The van der Waals surface area contributed by atoms with Crippen molar-refractivity contribution in [3.05, 3.63) is 60.2 Å². The molecule has 4 heterocycles. The summed E-state index contributed by atoms with van der Waals surface area (Å²) in [6, 6.07) is 10.3. The van der Waals surface area contributed by atoms with Crippen molar-refractivity contribution in [3.63, 3.8) is 0 Å². The van der Waals surface area contributed by atoms with Crippen LogP contribution in [-0.2, 0) is 7.05 Å². The van der Waals surface area contributed by atoms with Gasteiger partial charge in [0.1, 0.15) is 11.6 Å². The molecule has 0 aliphatic carbocycles. The molecule has 0 radical (unpaired) electrons. The summed E-state index contributed by atoms with van der Waals surface area (Å²) in [5.41, 5.74) is 1.47. The maximum Gasteiger partial charge on any atom is 0.254 e. The standard InChI is InChI=1S/C21H21FN8O/c1-28-13-14(12-23-28)21(31)24-15-8-10-29(11-9-15)19-7-6-18-25-26-20(30(18)27-19)16-4-2-3-5-17(16)22/h2-7,12-13,15H,8-11H2,1H3,(H,24,31). The van der Waals surface area contributed by atoms with E-state index in [1.54, 1.807) is 46.8 Å². The minimum Gasteiger partial charge on any atom is -0.355 e. The minimum absolute atomic E-state index is 0.0941. The molecule has 1 fully saturated rings. The first-order valence-corrected chi connectivity index (χ1v) is 10.1. The third-order valence-electron chi connectivity index (χ3n) is 5.48. The first-order valence-electron chi connectivity index (χ1n) is 10.1. The maximum absolute atomic E-state index is 14.2. The Balaban J connectivity index is 1.30. The molecular formula is C21H21FN8O. The Hall–Kier alpha value is -3.82. The largest absolute Gasteiger partial charge is 0.355 e. The molecule has 0 saturated carbocycles. The van der Waals surface area contributed by atoms with Gasteiger partial charge in [-0.1, -0.05) is 12.1 Å². The maximum atomic E-state index is 14.2. The van der Waals surface area contributed by atoms with Gasteiger partial charge < -0.3 is 10.2 Å². The average Bonchev–Trinajstić information content (AvgIpc) is 3.40. The van der Waals surface area contributed by atoms with Gasteiger partial charge in [0.05, 0.1) is 17.3 Å². The fourth-order valence-corrected chi connectivity index (χ4v) is 3.82. The zero-order valence-electron chi connectivity index (χ0n) is 16.9. The second-order valence-electron chi connectivity index (χ2n) is 7.60. The fraction of sp³-hybridized carbons (Fsp3) is 0.286. The van der Waals surface area contributed by atoms with Crippen molar-refractivity contribution in [3.8, 4) is 11.4 Å². The molecule has 4 aromatic rings. The van der Waals surface area contributed by atoms with Crippen LogP contribution in [0.4, 0.5) is 10.2 Å². The van der Waals surface area contributed by atoms with Gasteiger partial charge >= 0.3 is 0 Å². The average molecular weight is 420 g/mol. The number of rotatable bonds is 4. The summed E-state index contributed by atoms with van der Waals surface area (Å²) in [6.45, 7) is 1.49. The Morgan fingerprint density at radius 2 is 1.94 bits per heavy atom. The van der Waals surface area contributed by atoms with Crippen LogP contribution in [0, 0.1) is 5.82 Å². The highest BCUT2D eigenvalue weighted by Crippen LogP contribution is 2.23. The van der Waals surface area contributed by atoms with Crippen molar-refractivity contribution < 1.29 is 9.18 Å². The molecule has 1 amide bonds. The van der Waals surface area contributed by atoms with E-state index in [2.05, 4.69) is 30.6 Å². The molecule has 0 unspecified atom stereocenters. The Morgan fingerprint density at radius 3 is 2.68 bits per heavy atom. The molecule has 1 aliphatic heterocycles. The summed E-state index contributed by atoms with van der Waals surface area (Å²) in [5, 5.41) is 20.0. The lowest BCUT2D eigenvalue weighted by atomic mass is 10.0. The van der Waals surface area contributed by atoms with Crippen LogP contribution in [0.25, 0.3) is 17.0 Å². The van der Waals surface area contributed by atoms with E-state index in [1.807, 2.05) is 12.1 Å². The predicted octanol–water partition coefficient (Wildman–Crippen LogP) is 2.06. The normalized spacial score (nSPS) is 14.8. The second kappa shape index (κ2) is 7.78. The van der Waals surface area contributed by atoms with Gasteiger partial charge in [0.2, 0.25) is 0 Å². The molecule has 0 atom stereocenters. The van der Waals surface area contributed by atoms with Crippen molar-refractivity contribution >= 4 is 17.4 Å². The van der Waals surface area contributed by atoms with Crippen LogP contribution >= 0.6 is 0 Å². The number of carbonyl (C=O) groups is 1. The van der Waals surface area contributed by atoms with Gasteiger partial charge in [-0.15, -0.1) is 15.3 Å². The Morgan fingerprint density at radius 1 is 1.13 bits per heavy atom. The monoisotopic (exact) mass is 420 g/mol. The number of aromatic nitrogens is 6. The Bertz CT molecular complexity index is 1240. The minimum atomic E-state index is -0.367. The van der Waals surface area contributed by atoms with Gasteiger partial charge in [0.25, 0.3) is 5.91 Å². The van der Waals surface area contributed by atoms with E-state index < -0.39 is 0 Å². The molecule has 1 aromatic carbocycles. The zero-order valence-corrected chi connectivity index (χ0v) is 16.9. The molecule has 9 nitrogen and oxygen atoms in total. The molecule has 31 heavy (non-hydrogen) atoms. The van der Waals surface area contributed by atoms with Gasteiger partial charge in [0.15, 0.2) is 11.5 Å². The summed E-state index contributed by atoms with van der Waals surface area (Å²) in [7, 11) is 1.78. The first kappa shape index (κ1) is 19.2. The molecule has 1 saturated heterocycles. The van der Waals surface area contributed by atoms with Crippen LogP contribution in [0.15, 0.2) is 48.8 Å². The summed E-state index contributed by atoms with van der Waals surface area (Å²) in [5.74, 6) is 0.662. The number of anilines is 1. The SMILES string of the molecule is Cn1cc(C(=O)NC2CCN(c3ccc4nnc(-c5ccccc5F)n4n3)CC2)cn1. The number of piperidine rings is 1. The lowest BCUT2D eigenvalue weighted by Crippen LogP contribution is -2.45. The van der Waals surface area contributed by atoms with Crippen molar-refractivity contribution in [2.75, 3.05) is 18.0 Å². The van der Waals surface area contributed by atoms with Crippen molar-refractivity contribution in [1.29, 1.82) is 0 Å². The molecule has 3 aromatic heterocycles. The number of carbonyl (C=O) groups excluding carboxylic acids is 1. The molecule has 10 heteroatoms. The molecule has 1 aliphatic rings. The van der Waals surface area contributed by atoms with E-state index in [9.17, 15) is 9.18 Å². The van der Waals surface area contributed by atoms with Crippen molar-refractivity contribution in [2.45, 2.75) is 18.9 Å². The first-order chi connectivity index (χ1) is 15.1. The Kier molecular flexibility index (Phi) is 4.81. The number of hydrogen-bond acceptors (Lipinski definition) is 6. The van der Waals surface area contributed by atoms with Crippen LogP contribution in [0.2, 0.25) is 0 Å². The fourth-order valence-electron chi connectivity index (χ4n) is 3.82. The number of nitrogens with one attached hydrogen (secondary N) is 1. The van der Waals surface area contributed by atoms with E-state index in [1.165, 1.54) is 6.07 Å². The molecular weight excluding hydrogens is 399 g/mol. The summed E-state index contributed by atoms with van der Waals surface area (Å²) in [6.07, 6.45) is 4.87. The third kappa shape index (κ3) is 3.72. The third-order valence-corrected chi connectivity index (χ3v) is 5.48. The van der Waals surface area contributed by atoms with E-state index >= 15 is 0 Å². The van der Waals surface area contributed by atoms with E-state index in [4.69, 9.17) is 0 Å². The van der Waals surface area contributed by atoms with Crippen LogP contribution in [0.5, 0.6) is 0 Å². The number of hydrogen-bond donors (Lipinski definition) is 1. The van der Waals surface area contributed by atoms with E-state index in [0.717, 1.165) is 31.7 Å². The lowest BCUT2D eigenvalue weighted by Gasteiger charge is -2.33. The number of nitrogens with zero attached hydrogens (tertiary/aromatic N) is 7. The van der Waals surface area contributed by atoms with Crippen molar-refractivity contribution in [2.24, 2.45) is 7.05 Å². The van der Waals surface area contributed by atoms with Gasteiger partial charge in [0, 0.05) is 32.4 Å². The lowest BCUT2D eigenvalue weighted by molar-refractivity contribution is 0.0931. The molecule has 158 valence electrons. The van der Waals surface area contributed by atoms with Gasteiger partial charge in [-0.2, -0.15) is 9.61 Å². The summed E-state index contributed by atoms with van der Waals surface area (Å²) in [4.78, 5) is 14.5. The number of amides is 1. The molecule has 0 spiro atoms. The quantitative estimate of drug-likeness (QED) is 0.543. The number of halogens is 1. The summed E-state index contributed by atoms with van der Waals surface area (Å²) < 4.78 is 17.4. The van der Waals surface area contributed by atoms with E-state index in [0.29, 0.717) is 22.6 Å². The summed E-state index contributed by atoms with van der Waals surface area (Å²) >= 11 is 0. The molecule has 5 rings (SSSR count). The number of fused-ring (bicyclic) bond motifs is 1. The van der Waals surface area contributed by atoms with Gasteiger partial charge in [-0.25, -0.2) is 4.39 Å². The van der Waals surface area contributed by atoms with Crippen molar-refractivity contribution in [1.82, 2.24) is 34.9 Å². The predicted molar refractivity (Wildman–Crippen MR) is 112 cm³/mol. The van der Waals surface area contributed by atoms with E-state index in [-0.39, 0.29) is 17.8 Å². The molecule has 0 bridgehead atoms. The van der Waals surface area contributed by atoms with Crippen LogP contribution < -0.4 is 10.2 Å². The topological polar surface area (TPSA) is 93.2 Å². The number of aryl methyl sites for hydroxylation is 1. The van der Waals surface area contributed by atoms with Crippen LogP contribution in [0.3, 0.4) is 0 Å². The van der Waals surface area contributed by atoms with Gasteiger partial charge in [-0.05, 0) is 37.1 Å². The van der Waals surface area contributed by atoms with Crippen LogP contribution in [-0.4, -0.2) is 54.6 Å².